The molecule has 0 aromatic heterocycles. The summed E-state index contributed by atoms with van der Waals surface area (Å²) in [6, 6.07) is 0. The SMILES string of the molecule is CCC(N)(CC)OC(C)C(=O)C(O)(CC)CC. The van der Waals surface area contributed by atoms with Crippen LogP contribution in [0.5, 0.6) is 0 Å². The Morgan fingerprint density at radius 2 is 1.59 bits per heavy atom. The lowest BCUT2D eigenvalue weighted by Crippen LogP contribution is -2.50. The quantitative estimate of drug-likeness (QED) is 0.641. The maximum atomic E-state index is 12.1. The Balaban J connectivity index is 4.72. The van der Waals surface area contributed by atoms with Crippen LogP contribution < -0.4 is 5.73 Å². The van der Waals surface area contributed by atoms with Gasteiger partial charge < -0.3 is 15.6 Å². The maximum absolute atomic E-state index is 12.1. The fraction of sp³-hybridized carbons (Fsp3) is 0.923. The van der Waals surface area contributed by atoms with Gasteiger partial charge in [0.25, 0.3) is 0 Å². The van der Waals surface area contributed by atoms with E-state index in [1.165, 1.54) is 0 Å². The molecule has 0 bridgehead atoms. The first-order valence-corrected chi connectivity index (χ1v) is 6.51. The van der Waals surface area contributed by atoms with E-state index in [9.17, 15) is 9.90 Å². The molecule has 0 aliphatic carbocycles. The van der Waals surface area contributed by atoms with Gasteiger partial charge in [0.15, 0.2) is 5.78 Å². The van der Waals surface area contributed by atoms with Crippen molar-refractivity contribution in [3.05, 3.63) is 0 Å². The Bertz CT molecular complexity index is 245. The number of ether oxygens (including phenoxy) is 1. The second-order valence-corrected chi connectivity index (χ2v) is 4.63. The van der Waals surface area contributed by atoms with Crippen LogP contribution in [0.3, 0.4) is 0 Å². The van der Waals surface area contributed by atoms with Crippen LogP contribution in [0.4, 0.5) is 0 Å². The van der Waals surface area contributed by atoms with Gasteiger partial charge in [0.1, 0.15) is 17.4 Å². The molecular formula is C13H27NO3. The second-order valence-electron chi connectivity index (χ2n) is 4.63. The Hall–Kier alpha value is -0.450. The normalized spacial score (nSPS) is 14.8. The molecule has 0 fully saturated rings. The van der Waals surface area contributed by atoms with E-state index in [1.807, 2.05) is 13.8 Å². The molecule has 0 aromatic carbocycles. The highest BCUT2D eigenvalue weighted by Gasteiger charge is 2.38. The van der Waals surface area contributed by atoms with Crippen LogP contribution in [0.2, 0.25) is 0 Å². The van der Waals surface area contributed by atoms with E-state index in [0.717, 1.165) is 0 Å². The molecule has 3 N–H and O–H groups in total. The molecule has 0 aromatic rings. The van der Waals surface area contributed by atoms with E-state index in [1.54, 1.807) is 20.8 Å². The molecular weight excluding hydrogens is 218 g/mol. The lowest BCUT2D eigenvalue weighted by Gasteiger charge is -2.33. The van der Waals surface area contributed by atoms with Crippen molar-refractivity contribution in [1.82, 2.24) is 0 Å². The number of carbonyl (C=O) groups is 1. The summed E-state index contributed by atoms with van der Waals surface area (Å²) in [6.07, 6.45) is 1.39. The van der Waals surface area contributed by atoms with E-state index in [0.29, 0.717) is 25.7 Å². The van der Waals surface area contributed by atoms with Gasteiger partial charge in [-0.25, -0.2) is 0 Å². The molecule has 0 radical (unpaired) electrons. The van der Waals surface area contributed by atoms with Crippen molar-refractivity contribution in [1.29, 1.82) is 0 Å². The summed E-state index contributed by atoms with van der Waals surface area (Å²) < 4.78 is 5.62. The highest BCUT2D eigenvalue weighted by molar-refractivity contribution is 5.90. The molecule has 0 saturated heterocycles. The van der Waals surface area contributed by atoms with Crippen molar-refractivity contribution < 1.29 is 14.6 Å². The Morgan fingerprint density at radius 1 is 1.18 bits per heavy atom. The summed E-state index contributed by atoms with van der Waals surface area (Å²) in [5, 5.41) is 10.1. The predicted molar refractivity (Wildman–Crippen MR) is 68.6 cm³/mol. The Labute approximate surface area is 105 Å². The molecule has 4 nitrogen and oxygen atoms in total. The Kier molecular flexibility index (Phi) is 6.30. The van der Waals surface area contributed by atoms with Crippen molar-refractivity contribution in [2.45, 2.75) is 77.7 Å². The number of hydrogen-bond donors (Lipinski definition) is 2. The van der Waals surface area contributed by atoms with Crippen LogP contribution in [0.1, 0.15) is 60.3 Å². The van der Waals surface area contributed by atoms with Crippen molar-refractivity contribution in [2.75, 3.05) is 0 Å². The van der Waals surface area contributed by atoms with Crippen LogP contribution >= 0.6 is 0 Å². The number of rotatable bonds is 8. The third kappa shape index (κ3) is 4.05. The van der Waals surface area contributed by atoms with Crippen LogP contribution in [-0.2, 0) is 9.53 Å². The average Bonchev–Trinajstić information content (AvgIpc) is 2.36. The zero-order valence-electron chi connectivity index (χ0n) is 11.7. The number of Topliss-reactive ketones (excluding diaryl/α,β-unsaturated/α-hetero) is 1. The lowest BCUT2D eigenvalue weighted by molar-refractivity contribution is -0.162. The Morgan fingerprint density at radius 3 is 1.88 bits per heavy atom. The van der Waals surface area contributed by atoms with Crippen LogP contribution in [0.25, 0.3) is 0 Å². The predicted octanol–water partition coefficient (Wildman–Crippen LogP) is 1.99. The molecule has 4 heteroatoms. The molecule has 0 spiro atoms. The number of aliphatic hydroxyl groups is 1. The number of nitrogens with two attached hydrogens (primary N) is 1. The van der Waals surface area contributed by atoms with E-state index < -0.39 is 17.4 Å². The topological polar surface area (TPSA) is 72.5 Å². The van der Waals surface area contributed by atoms with E-state index in [2.05, 4.69) is 0 Å². The fourth-order valence-corrected chi connectivity index (χ4v) is 1.80. The summed E-state index contributed by atoms with van der Waals surface area (Å²) >= 11 is 0. The molecule has 102 valence electrons. The van der Waals surface area contributed by atoms with Crippen molar-refractivity contribution in [3.63, 3.8) is 0 Å². The van der Waals surface area contributed by atoms with Gasteiger partial charge in [-0.2, -0.15) is 0 Å². The highest BCUT2D eigenvalue weighted by Crippen LogP contribution is 2.23. The molecule has 0 rings (SSSR count). The summed E-state index contributed by atoms with van der Waals surface area (Å²) in [5.74, 6) is -0.278. The van der Waals surface area contributed by atoms with Gasteiger partial charge in [0.05, 0.1) is 0 Å². The monoisotopic (exact) mass is 245 g/mol. The first-order valence-electron chi connectivity index (χ1n) is 6.51. The van der Waals surface area contributed by atoms with Crippen LogP contribution in [-0.4, -0.2) is 28.3 Å². The molecule has 1 unspecified atom stereocenters. The van der Waals surface area contributed by atoms with Crippen molar-refractivity contribution in [2.24, 2.45) is 5.73 Å². The molecule has 0 saturated carbocycles. The van der Waals surface area contributed by atoms with Gasteiger partial charge in [-0.3, -0.25) is 4.79 Å². The molecule has 0 heterocycles. The van der Waals surface area contributed by atoms with Gasteiger partial charge in [0.2, 0.25) is 0 Å². The van der Waals surface area contributed by atoms with Gasteiger partial charge >= 0.3 is 0 Å². The average molecular weight is 245 g/mol. The second kappa shape index (κ2) is 6.47. The number of ketones is 1. The van der Waals surface area contributed by atoms with Crippen LogP contribution in [0, 0.1) is 0 Å². The van der Waals surface area contributed by atoms with Crippen molar-refractivity contribution in [3.8, 4) is 0 Å². The standard InChI is InChI=1S/C13H27NO3/c1-6-12(16,7-2)11(15)10(5)17-13(14,8-3)9-4/h10,16H,6-9,14H2,1-5H3. The summed E-state index contributed by atoms with van der Waals surface area (Å²) in [6.45, 7) is 9.09. The summed E-state index contributed by atoms with van der Waals surface area (Å²) in [7, 11) is 0. The minimum Gasteiger partial charge on any atom is -0.382 e. The minimum atomic E-state index is -1.29. The summed E-state index contributed by atoms with van der Waals surface area (Å²) in [5.41, 5.74) is 3.94. The number of carbonyl (C=O) groups excluding carboxylic acids is 1. The zero-order chi connectivity index (χ0) is 13.7. The van der Waals surface area contributed by atoms with Gasteiger partial charge in [-0.05, 0) is 32.6 Å². The molecule has 0 amide bonds. The van der Waals surface area contributed by atoms with Crippen molar-refractivity contribution >= 4 is 5.78 Å². The molecule has 0 aliphatic heterocycles. The van der Waals surface area contributed by atoms with E-state index in [-0.39, 0.29) is 5.78 Å². The lowest BCUT2D eigenvalue weighted by atomic mass is 9.89. The highest BCUT2D eigenvalue weighted by atomic mass is 16.5. The third-order valence-corrected chi connectivity index (χ3v) is 3.61. The first-order chi connectivity index (χ1) is 7.78. The van der Waals surface area contributed by atoms with Crippen LogP contribution in [0.15, 0.2) is 0 Å². The maximum Gasteiger partial charge on any atom is 0.192 e. The zero-order valence-corrected chi connectivity index (χ0v) is 11.7. The smallest absolute Gasteiger partial charge is 0.192 e. The van der Waals surface area contributed by atoms with E-state index >= 15 is 0 Å². The van der Waals surface area contributed by atoms with Gasteiger partial charge in [-0.15, -0.1) is 0 Å². The third-order valence-electron chi connectivity index (χ3n) is 3.61. The fourth-order valence-electron chi connectivity index (χ4n) is 1.80. The molecule has 17 heavy (non-hydrogen) atoms. The minimum absolute atomic E-state index is 0.278. The molecule has 0 aliphatic rings. The largest absolute Gasteiger partial charge is 0.382 e. The van der Waals surface area contributed by atoms with Gasteiger partial charge in [-0.1, -0.05) is 27.7 Å². The summed E-state index contributed by atoms with van der Waals surface area (Å²) in [4.78, 5) is 12.1. The first kappa shape index (κ1) is 16.6. The number of hydrogen-bond acceptors (Lipinski definition) is 4. The molecule has 1 atom stereocenters. The van der Waals surface area contributed by atoms with E-state index in [4.69, 9.17) is 10.5 Å². The van der Waals surface area contributed by atoms with Gasteiger partial charge in [0, 0.05) is 0 Å².